The summed E-state index contributed by atoms with van der Waals surface area (Å²) < 4.78 is 6.25. The Kier molecular flexibility index (Phi) is 8.07. The zero-order chi connectivity index (χ0) is 27.5. The van der Waals surface area contributed by atoms with Crippen LogP contribution in [0.15, 0.2) is 66.7 Å². The van der Waals surface area contributed by atoms with Crippen LogP contribution in [0.5, 0.6) is 11.5 Å². The maximum atomic E-state index is 12.5. The molecule has 0 bridgehead atoms. The van der Waals surface area contributed by atoms with Gasteiger partial charge in [0.1, 0.15) is 16.9 Å². The van der Waals surface area contributed by atoms with Crippen LogP contribution in [0.1, 0.15) is 55.8 Å². The lowest BCUT2D eigenvalue weighted by Crippen LogP contribution is -2.33. The van der Waals surface area contributed by atoms with Crippen molar-refractivity contribution >= 4 is 29.7 Å². The smallest absolute Gasteiger partial charge is 0.261 e. The van der Waals surface area contributed by atoms with Gasteiger partial charge in [-0.15, -0.1) is 11.8 Å². The summed E-state index contributed by atoms with van der Waals surface area (Å²) in [6, 6.07) is 18.1. The molecule has 3 aromatic rings. The summed E-state index contributed by atoms with van der Waals surface area (Å²) in [6.45, 7) is 2.11. The maximum Gasteiger partial charge on any atom is 0.261 e. The van der Waals surface area contributed by atoms with Gasteiger partial charge in [0, 0.05) is 36.3 Å². The number of carbonyl (C=O) groups is 2. The lowest BCUT2D eigenvalue weighted by Gasteiger charge is -2.32. The second-order valence-corrected chi connectivity index (χ2v) is 11.4. The molecule has 5 rings (SSSR count). The SMILES string of the molecule is Cc1cc(O)cc(OC2CC(O)CC(CO)S2)c1Cc1ccc(/C=C/CN2C(=O)c3ccccc3C2=O)cc1. The number of carbonyl (C=O) groups excluding carboxylic acids is 2. The summed E-state index contributed by atoms with van der Waals surface area (Å²) >= 11 is 1.51. The second-order valence-electron chi connectivity index (χ2n) is 9.94. The van der Waals surface area contributed by atoms with Crippen molar-refractivity contribution < 1.29 is 29.6 Å². The van der Waals surface area contributed by atoms with Crippen molar-refractivity contribution in [2.24, 2.45) is 0 Å². The Labute approximate surface area is 231 Å². The highest BCUT2D eigenvalue weighted by atomic mass is 32.2. The number of aliphatic hydroxyl groups is 2. The zero-order valence-electron chi connectivity index (χ0n) is 21.6. The van der Waals surface area contributed by atoms with Crippen LogP contribution in [0.25, 0.3) is 6.08 Å². The van der Waals surface area contributed by atoms with E-state index in [9.17, 15) is 24.9 Å². The summed E-state index contributed by atoms with van der Waals surface area (Å²) in [5, 5.41) is 29.9. The minimum Gasteiger partial charge on any atom is -0.508 e. The third-order valence-corrected chi connectivity index (χ3v) is 8.38. The van der Waals surface area contributed by atoms with E-state index >= 15 is 0 Å². The Morgan fingerprint density at radius 2 is 1.72 bits per heavy atom. The van der Waals surface area contributed by atoms with Crippen molar-refractivity contribution in [2.45, 2.75) is 43.0 Å². The molecule has 0 aliphatic carbocycles. The first-order chi connectivity index (χ1) is 18.8. The number of hydrogen-bond donors (Lipinski definition) is 3. The number of ether oxygens (including phenoxy) is 1. The third kappa shape index (κ3) is 6.03. The molecule has 2 amide bonds. The molecule has 0 spiro atoms. The van der Waals surface area contributed by atoms with E-state index in [1.807, 2.05) is 43.3 Å². The van der Waals surface area contributed by atoms with Crippen molar-refractivity contribution in [3.05, 3.63) is 100 Å². The number of aryl methyl sites for hydroxylation is 1. The number of phenols is 1. The molecule has 1 fully saturated rings. The molecule has 3 aromatic carbocycles. The van der Waals surface area contributed by atoms with E-state index in [1.54, 1.807) is 36.4 Å². The van der Waals surface area contributed by atoms with Gasteiger partial charge in [-0.1, -0.05) is 48.6 Å². The topological polar surface area (TPSA) is 107 Å². The van der Waals surface area contributed by atoms with Gasteiger partial charge in [0.25, 0.3) is 11.8 Å². The van der Waals surface area contributed by atoms with Gasteiger partial charge in [-0.25, -0.2) is 0 Å². The summed E-state index contributed by atoms with van der Waals surface area (Å²) in [7, 11) is 0. The Bertz CT molecular complexity index is 1370. The van der Waals surface area contributed by atoms with Crippen molar-refractivity contribution in [2.75, 3.05) is 13.2 Å². The number of fused-ring (bicyclic) bond motifs is 1. The fraction of sp³-hybridized carbons (Fsp3) is 0.290. The van der Waals surface area contributed by atoms with Crippen LogP contribution in [-0.4, -0.2) is 62.0 Å². The summed E-state index contributed by atoms with van der Waals surface area (Å²) in [5.41, 5.74) is 4.41. The number of thioether (sulfide) groups is 1. The van der Waals surface area contributed by atoms with Crippen molar-refractivity contribution in [3.8, 4) is 11.5 Å². The Hall–Kier alpha value is -3.59. The lowest BCUT2D eigenvalue weighted by atomic mass is 9.98. The van der Waals surface area contributed by atoms with Crippen LogP contribution in [0.3, 0.4) is 0 Å². The number of hydrogen-bond acceptors (Lipinski definition) is 7. The molecule has 2 heterocycles. The van der Waals surface area contributed by atoms with Gasteiger partial charge in [0.2, 0.25) is 0 Å². The van der Waals surface area contributed by atoms with Gasteiger partial charge in [0.05, 0.1) is 23.8 Å². The molecule has 0 radical (unpaired) electrons. The van der Waals surface area contributed by atoms with Gasteiger partial charge in [0.15, 0.2) is 0 Å². The maximum absolute atomic E-state index is 12.5. The average Bonchev–Trinajstić information content (AvgIpc) is 3.16. The molecule has 8 heteroatoms. The number of amides is 2. The molecular formula is C31H31NO6S. The molecule has 1 saturated heterocycles. The molecule has 202 valence electrons. The first kappa shape index (κ1) is 27.0. The van der Waals surface area contributed by atoms with Crippen LogP contribution in [0.2, 0.25) is 0 Å². The normalized spacial score (nSPS) is 21.0. The Balaban J connectivity index is 1.25. The van der Waals surface area contributed by atoms with Gasteiger partial charge in [-0.2, -0.15) is 0 Å². The van der Waals surface area contributed by atoms with Gasteiger partial charge < -0.3 is 20.1 Å². The summed E-state index contributed by atoms with van der Waals surface area (Å²) in [6.07, 6.45) is 4.74. The zero-order valence-corrected chi connectivity index (χ0v) is 22.4. The number of imide groups is 1. The van der Waals surface area contributed by atoms with Gasteiger partial charge in [-0.3, -0.25) is 14.5 Å². The minimum atomic E-state index is -0.534. The standard InChI is InChI=1S/C31H31NO6S/c1-19-13-22(34)16-28(38-29-17-23(35)15-24(18-33)39-29)27(19)14-21-10-8-20(9-11-21)5-4-12-32-30(36)25-6-2-3-7-26(25)31(32)37/h2-11,13,16,23-24,29,33-35H,12,14-15,17-18H2,1H3/b5-4+. The number of nitrogens with zero attached hydrogens (tertiary/aromatic N) is 1. The van der Waals surface area contributed by atoms with Crippen molar-refractivity contribution in [3.63, 3.8) is 0 Å². The lowest BCUT2D eigenvalue weighted by molar-refractivity contribution is 0.0672. The van der Waals surface area contributed by atoms with E-state index in [-0.39, 0.29) is 41.4 Å². The van der Waals surface area contributed by atoms with E-state index in [0.717, 1.165) is 22.3 Å². The van der Waals surface area contributed by atoms with Crippen LogP contribution < -0.4 is 4.74 Å². The van der Waals surface area contributed by atoms with Crippen LogP contribution in [0.4, 0.5) is 0 Å². The molecule has 39 heavy (non-hydrogen) atoms. The number of aliphatic hydroxyl groups excluding tert-OH is 2. The predicted octanol–water partition coefficient (Wildman–Crippen LogP) is 4.55. The largest absolute Gasteiger partial charge is 0.508 e. The first-order valence-corrected chi connectivity index (χ1v) is 13.9. The first-order valence-electron chi connectivity index (χ1n) is 13.0. The number of phenolic OH excluding ortho intramolecular Hbond substituents is 1. The number of rotatable bonds is 8. The number of aromatic hydroxyl groups is 1. The fourth-order valence-corrected chi connectivity index (χ4v) is 6.37. The number of benzene rings is 3. The molecule has 7 nitrogen and oxygen atoms in total. The van der Waals surface area contributed by atoms with E-state index in [1.165, 1.54) is 16.7 Å². The average molecular weight is 546 g/mol. The monoisotopic (exact) mass is 545 g/mol. The predicted molar refractivity (Wildman–Crippen MR) is 151 cm³/mol. The summed E-state index contributed by atoms with van der Waals surface area (Å²) in [4.78, 5) is 26.3. The fourth-order valence-electron chi connectivity index (χ4n) is 5.03. The molecule has 3 atom stereocenters. The van der Waals surface area contributed by atoms with Crippen molar-refractivity contribution in [1.82, 2.24) is 4.90 Å². The van der Waals surface area contributed by atoms with Crippen LogP contribution in [0, 0.1) is 6.92 Å². The Morgan fingerprint density at radius 1 is 1.03 bits per heavy atom. The molecule has 2 aliphatic heterocycles. The molecule has 0 aromatic heterocycles. The van der Waals surface area contributed by atoms with Crippen LogP contribution >= 0.6 is 11.8 Å². The minimum absolute atomic E-state index is 0.0212. The van der Waals surface area contributed by atoms with E-state index in [0.29, 0.717) is 36.1 Å². The highest BCUT2D eigenvalue weighted by Crippen LogP contribution is 2.37. The van der Waals surface area contributed by atoms with E-state index in [4.69, 9.17) is 4.74 Å². The molecule has 0 saturated carbocycles. The highest BCUT2D eigenvalue weighted by Gasteiger charge is 2.34. The van der Waals surface area contributed by atoms with E-state index < -0.39 is 6.10 Å². The Morgan fingerprint density at radius 3 is 2.38 bits per heavy atom. The van der Waals surface area contributed by atoms with E-state index in [2.05, 4.69) is 0 Å². The highest BCUT2D eigenvalue weighted by molar-refractivity contribution is 8.00. The van der Waals surface area contributed by atoms with Gasteiger partial charge >= 0.3 is 0 Å². The second kappa shape index (κ2) is 11.7. The molecule has 3 N–H and O–H groups in total. The van der Waals surface area contributed by atoms with Crippen LogP contribution in [-0.2, 0) is 6.42 Å². The van der Waals surface area contributed by atoms with Gasteiger partial charge in [-0.05, 0) is 48.2 Å². The molecule has 3 unspecified atom stereocenters. The molecule has 2 aliphatic rings. The van der Waals surface area contributed by atoms with Crippen molar-refractivity contribution in [1.29, 1.82) is 0 Å². The summed E-state index contributed by atoms with van der Waals surface area (Å²) in [5.74, 6) is 0.141. The third-order valence-electron chi connectivity index (χ3n) is 7.06. The quantitative estimate of drug-likeness (QED) is 0.357. The molecular weight excluding hydrogens is 514 g/mol.